The van der Waals surface area contributed by atoms with Crippen LogP contribution in [0.15, 0.2) is 18.2 Å². The molecule has 3 saturated heterocycles. The number of para-hydroxylation sites is 1. The second kappa shape index (κ2) is 7.72. The van der Waals surface area contributed by atoms with Gasteiger partial charge in [0.25, 0.3) is 10.2 Å². The van der Waals surface area contributed by atoms with Gasteiger partial charge in [0.15, 0.2) is 11.5 Å². The number of rotatable bonds is 6. The van der Waals surface area contributed by atoms with Crippen molar-refractivity contribution in [1.82, 2.24) is 13.5 Å². The molecule has 0 radical (unpaired) electrons. The van der Waals surface area contributed by atoms with Crippen LogP contribution in [0.5, 0.6) is 11.5 Å². The van der Waals surface area contributed by atoms with Crippen LogP contribution in [0.1, 0.15) is 18.4 Å². The van der Waals surface area contributed by atoms with E-state index in [0.717, 1.165) is 43.0 Å². The van der Waals surface area contributed by atoms with Gasteiger partial charge in [-0.05, 0) is 24.8 Å². The van der Waals surface area contributed by atoms with Crippen molar-refractivity contribution >= 4 is 10.2 Å². The molecule has 0 aromatic heterocycles. The van der Waals surface area contributed by atoms with Crippen molar-refractivity contribution in [2.75, 3.05) is 47.9 Å². The van der Waals surface area contributed by atoms with Crippen molar-refractivity contribution in [3.05, 3.63) is 23.8 Å². The molecule has 7 nitrogen and oxygen atoms in total. The van der Waals surface area contributed by atoms with Crippen LogP contribution in [0.2, 0.25) is 0 Å². The molecule has 0 spiro atoms. The fraction of sp³-hybridized carbons (Fsp3) is 0.667. The van der Waals surface area contributed by atoms with E-state index in [1.807, 2.05) is 18.2 Å². The molecule has 2 bridgehead atoms. The first kappa shape index (κ1) is 19.4. The van der Waals surface area contributed by atoms with Crippen LogP contribution >= 0.6 is 0 Å². The number of benzene rings is 1. The lowest BCUT2D eigenvalue weighted by molar-refractivity contribution is 0.124. The first-order valence-corrected chi connectivity index (χ1v) is 10.4. The van der Waals surface area contributed by atoms with Crippen LogP contribution in [0.3, 0.4) is 0 Å². The summed E-state index contributed by atoms with van der Waals surface area (Å²) in [7, 11) is 3.12. The van der Waals surface area contributed by atoms with E-state index < -0.39 is 10.2 Å². The number of nitrogens with zero attached hydrogens (tertiary/aromatic N) is 3. The maximum Gasteiger partial charge on any atom is 0.281 e. The van der Waals surface area contributed by atoms with Gasteiger partial charge in [-0.3, -0.25) is 4.90 Å². The van der Waals surface area contributed by atoms with Crippen molar-refractivity contribution in [1.29, 1.82) is 0 Å². The SMILES string of the molecule is COc1cccc(CN2C[C@H]3CC[C@@H]2CN(S(=O)(=O)N(C)C)C3)c1OC. The number of fused-ring (bicyclic) bond motifs is 4. The van der Waals surface area contributed by atoms with Gasteiger partial charge in [-0.1, -0.05) is 12.1 Å². The zero-order valence-corrected chi connectivity index (χ0v) is 16.8. The molecule has 0 saturated carbocycles. The third kappa shape index (κ3) is 3.69. The Hall–Kier alpha value is -1.35. The highest BCUT2D eigenvalue weighted by molar-refractivity contribution is 7.86. The summed E-state index contributed by atoms with van der Waals surface area (Å²) in [5.41, 5.74) is 1.07. The van der Waals surface area contributed by atoms with E-state index >= 15 is 0 Å². The normalized spacial score (nSPS) is 24.7. The number of hydrogen-bond donors (Lipinski definition) is 0. The lowest BCUT2D eigenvalue weighted by atomic mass is 9.94. The fourth-order valence-corrected chi connectivity index (χ4v) is 5.27. The molecule has 3 fully saturated rings. The van der Waals surface area contributed by atoms with E-state index in [-0.39, 0.29) is 6.04 Å². The van der Waals surface area contributed by atoms with Crippen molar-refractivity contribution < 1.29 is 17.9 Å². The molecule has 3 aliphatic heterocycles. The summed E-state index contributed by atoms with van der Waals surface area (Å²) < 4.78 is 39.1. The summed E-state index contributed by atoms with van der Waals surface area (Å²) in [6.07, 6.45) is 2.10. The molecule has 3 heterocycles. The molecule has 1 aromatic rings. The quantitative estimate of drug-likeness (QED) is 0.743. The van der Waals surface area contributed by atoms with E-state index in [2.05, 4.69) is 4.90 Å². The van der Waals surface area contributed by atoms with E-state index in [9.17, 15) is 8.42 Å². The Morgan fingerprint density at radius 2 is 1.88 bits per heavy atom. The van der Waals surface area contributed by atoms with Crippen LogP contribution in [0.4, 0.5) is 0 Å². The monoisotopic (exact) mass is 383 g/mol. The minimum absolute atomic E-state index is 0.222. The number of methoxy groups -OCH3 is 2. The van der Waals surface area contributed by atoms with Crippen molar-refractivity contribution in [3.63, 3.8) is 0 Å². The lowest BCUT2D eigenvalue weighted by Crippen LogP contribution is -2.45. The van der Waals surface area contributed by atoms with Gasteiger partial charge in [-0.25, -0.2) is 0 Å². The van der Waals surface area contributed by atoms with Gasteiger partial charge < -0.3 is 9.47 Å². The standard InChI is InChI=1S/C18H29N3O4S/c1-19(2)26(22,23)21-11-14-8-9-16(13-21)20(10-14)12-15-6-5-7-17(24-3)18(15)25-4/h5-7,14,16H,8-13H2,1-4H3/t14-,16-/m1/s1. The van der Waals surface area contributed by atoms with Crippen LogP contribution in [-0.2, 0) is 16.8 Å². The fourth-order valence-electron chi connectivity index (χ4n) is 4.05. The Labute approximate surface area is 156 Å². The van der Waals surface area contributed by atoms with Crippen molar-refractivity contribution in [2.45, 2.75) is 25.4 Å². The molecular weight excluding hydrogens is 354 g/mol. The number of hydrogen-bond acceptors (Lipinski definition) is 5. The lowest BCUT2D eigenvalue weighted by Gasteiger charge is -2.36. The Morgan fingerprint density at radius 1 is 1.12 bits per heavy atom. The Bertz CT molecular complexity index is 738. The Morgan fingerprint density at radius 3 is 2.54 bits per heavy atom. The molecule has 0 aliphatic carbocycles. The highest BCUT2D eigenvalue weighted by Gasteiger charge is 2.39. The van der Waals surface area contributed by atoms with E-state index in [4.69, 9.17) is 9.47 Å². The number of ether oxygens (including phenoxy) is 2. The second-order valence-corrected chi connectivity index (χ2v) is 9.43. The first-order valence-electron chi connectivity index (χ1n) is 8.98. The van der Waals surface area contributed by atoms with Gasteiger partial charge in [0.2, 0.25) is 0 Å². The molecule has 2 atom stereocenters. The molecule has 0 amide bonds. The topological polar surface area (TPSA) is 62.3 Å². The molecular formula is C18H29N3O4S. The average molecular weight is 384 g/mol. The number of piperidine rings is 1. The summed E-state index contributed by atoms with van der Waals surface area (Å²) in [5, 5.41) is 0. The van der Waals surface area contributed by atoms with Gasteiger partial charge >= 0.3 is 0 Å². The minimum Gasteiger partial charge on any atom is -0.493 e. The third-order valence-corrected chi connectivity index (χ3v) is 7.31. The molecule has 8 heteroatoms. The first-order chi connectivity index (χ1) is 12.4. The van der Waals surface area contributed by atoms with Crippen LogP contribution in [0.25, 0.3) is 0 Å². The largest absolute Gasteiger partial charge is 0.493 e. The maximum absolute atomic E-state index is 12.6. The Kier molecular flexibility index (Phi) is 5.76. The van der Waals surface area contributed by atoms with Crippen molar-refractivity contribution in [3.8, 4) is 11.5 Å². The molecule has 26 heavy (non-hydrogen) atoms. The van der Waals surface area contributed by atoms with Gasteiger partial charge in [0.05, 0.1) is 14.2 Å². The predicted octanol–water partition coefficient (Wildman–Crippen LogP) is 1.41. The summed E-state index contributed by atoms with van der Waals surface area (Å²) in [6, 6.07) is 6.13. The van der Waals surface area contributed by atoms with Crippen LogP contribution in [-0.4, -0.2) is 75.9 Å². The highest BCUT2D eigenvalue weighted by atomic mass is 32.2. The predicted molar refractivity (Wildman–Crippen MR) is 101 cm³/mol. The summed E-state index contributed by atoms with van der Waals surface area (Å²) in [4.78, 5) is 2.40. The molecule has 0 N–H and O–H groups in total. The summed E-state index contributed by atoms with van der Waals surface area (Å²) >= 11 is 0. The van der Waals surface area contributed by atoms with E-state index in [1.54, 1.807) is 32.6 Å². The van der Waals surface area contributed by atoms with Gasteiger partial charge in [-0.15, -0.1) is 0 Å². The second-order valence-electron chi connectivity index (χ2n) is 7.29. The molecule has 0 unspecified atom stereocenters. The highest BCUT2D eigenvalue weighted by Crippen LogP contribution is 2.35. The average Bonchev–Trinajstić information content (AvgIpc) is 2.93. The smallest absolute Gasteiger partial charge is 0.281 e. The molecule has 3 aliphatic rings. The van der Waals surface area contributed by atoms with Gasteiger partial charge in [-0.2, -0.15) is 17.0 Å². The van der Waals surface area contributed by atoms with Crippen molar-refractivity contribution in [2.24, 2.45) is 5.92 Å². The van der Waals surface area contributed by atoms with E-state index in [1.165, 1.54) is 4.31 Å². The minimum atomic E-state index is -3.37. The van der Waals surface area contributed by atoms with Crippen LogP contribution in [0, 0.1) is 5.92 Å². The summed E-state index contributed by atoms with van der Waals surface area (Å²) in [6.45, 7) is 2.79. The Balaban J connectivity index is 1.82. The molecule has 4 rings (SSSR count). The maximum atomic E-state index is 12.6. The van der Waals surface area contributed by atoms with Gasteiger partial charge in [0.1, 0.15) is 0 Å². The molecule has 146 valence electrons. The van der Waals surface area contributed by atoms with Gasteiger partial charge in [0, 0.05) is 51.9 Å². The summed E-state index contributed by atoms with van der Waals surface area (Å²) in [5.74, 6) is 1.84. The zero-order valence-electron chi connectivity index (χ0n) is 16.0. The van der Waals surface area contributed by atoms with Crippen LogP contribution < -0.4 is 9.47 Å². The van der Waals surface area contributed by atoms with E-state index in [0.29, 0.717) is 19.0 Å². The third-order valence-electron chi connectivity index (χ3n) is 5.44. The zero-order chi connectivity index (χ0) is 18.9. The molecule has 1 aromatic carbocycles.